The number of pyridine rings is 1. The third kappa shape index (κ3) is 4.83. The number of phenols is 1. The summed E-state index contributed by atoms with van der Waals surface area (Å²) in [6, 6.07) is 6.05. The van der Waals surface area contributed by atoms with Gasteiger partial charge in [0.25, 0.3) is 0 Å². The van der Waals surface area contributed by atoms with Crippen LogP contribution in [0.2, 0.25) is 0 Å². The maximum Gasteiger partial charge on any atom is 0.186 e. The summed E-state index contributed by atoms with van der Waals surface area (Å²) in [5, 5.41) is 11.5. The molecule has 5 nitrogen and oxygen atoms in total. The molecule has 0 saturated heterocycles. The standard InChI is InChI=1S/C24H26FN3O2S/c1-24(2)10-14(7-16(26)11-24)18-5-6-27-12-15(18)8-22(30)21-13-31-23(28-21)19-4-3-17(29)9-20(19)25/h3-6,9,12-14,16,29H,7-8,10-11,26H2,1-2H3/t14-,16+/m0/s1. The van der Waals surface area contributed by atoms with Crippen LogP contribution >= 0.6 is 11.3 Å². The first-order valence-electron chi connectivity index (χ1n) is 10.4. The molecule has 31 heavy (non-hydrogen) atoms. The molecule has 1 aromatic carbocycles. The molecule has 0 unspecified atom stereocenters. The van der Waals surface area contributed by atoms with E-state index in [1.165, 1.54) is 23.5 Å². The monoisotopic (exact) mass is 439 g/mol. The van der Waals surface area contributed by atoms with E-state index in [0.29, 0.717) is 16.6 Å². The lowest BCUT2D eigenvalue weighted by atomic mass is 9.68. The number of halogens is 1. The Bertz CT molecular complexity index is 1110. The lowest BCUT2D eigenvalue weighted by Gasteiger charge is -2.39. The van der Waals surface area contributed by atoms with E-state index >= 15 is 0 Å². The second-order valence-electron chi connectivity index (χ2n) is 9.14. The summed E-state index contributed by atoms with van der Waals surface area (Å²) in [4.78, 5) is 21.6. The lowest BCUT2D eigenvalue weighted by Crippen LogP contribution is -2.36. The summed E-state index contributed by atoms with van der Waals surface area (Å²) >= 11 is 1.21. The van der Waals surface area contributed by atoms with Gasteiger partial charge in [-0.15, -0.1) is 11.3 Å². The van der Waals surface area contributed by atoms with Crippen LogP contribution in [0, 0.1) is 11.2 Å². The van der Waals surface area contributed by atoms with E-state index in [2.05, 4.69) is 23.8 Å². The van der Waals surface area contributed by atoms with Crippen LogP contribution in [0.3, 0.4) is 0 Å². The van der Waals surface area contributed by atoms with Crippen LogP contribution in [0.1, 0.15) is 60.6 Å². The van der Waals surface area contributed by atoms with Crippen molar-refractivity contribution in [2.75, 3.05) is 0 Å². The fraction of sp³-hybridized carbons (Fsp3) is 0.375. The molecule has 1 aliphatic rings. The number of benzene rings is 1. The molecule has 1 fully saturated rings. The van der Waals surface area contributed by atoms with Gasteiger partial charge < -0.3 is 10.8 Å². The highest BCUT2D eigenvalue weighted by Crippen LogP contribution is 2.43. The third-order valence-electron chi connectivity index (χ3n) is 5.91. The van der Waals surface area contributed by atoms with Gasteiger partial charge in [-0.3, -0.25) is 9.78 Å². The Morgan fingerprint density at radius 3 is 2.87 bits per heavy atom. The van der Waals surface area contributed by atoms with Crippen molar-refractivity contribution >= 4 is 17.1 Å². The number of nitrogens with zero attached hydrogens (tertiary/aromatic N) is 2. The van der Waals surface area contributed by atoms with Crippen molar-refractivity contribution in [1.82, 2.24) is 9.97 Å². The molecule has 0 spiro atoms. The quantitative estimate of drug-likeness (QED) is 0.540. The van der Waals surface area contributed by atoms with Gasteiger partial charge in [0.15, 0.2) is 5.78 Å². The smallest absolute Gasteiger partial charge is 0.186 e. The topological polar surface area (TPSA) is 89.1 Å². The number of nitrogens with two attached hydrogens (primary N) is 1. The molecule has 4 rings (SSSR count). The molecular weight excluding hydrogens is 413 g/mol. The van der Waals surface area contributed by atoms with Gasteiger partial charge in [-0.1, -0.05) is 13.8 Å². The van der Waals surface area contributed by atoms with E-state index in [4.69, 9.17) is 5.73 Å². The summed E-state index contributed by atoms with van der Waals surface area (Å²) in [5.74, 6) is -0.556. The van der Waals surface area contributed by atoms with E-state index in [-0.39, 0.29) is 35.0 Å². The summed E-state index contributed by atoms with van der Waals surface area (Å²) in [6.45, 7) is 4.48. The SMILES string of the molecule is CC1(C)C[C@H](N)C[C@H](c2ccncc2CC(=O)c2csc(-c3ccc(O)cc3F)n2)C1. The highest BCUT2D eigenvalue weighted by Gasteiger charge is 2.34. The molecule has 3 aromatic rings. The van der Waals surface area contributed by atoms with E-state index in [1.54, 1.807) is 17.8 Å². The van der Waals surface area contributed by atoms with Crippen molar-refractivity contribution in [2.24, 2.45) is 11.1 Å². The van der Waals surface area contributed by atoms with Gasteiger partial charge in [-0.05, 0) is 59.9 Å². The van der Waals surface area contributed by atoms with E-state index in [9.17, 15) is 14.3 Å². The summed E-state index contributed by atoms with van der Waals surface area (Å²) < 4.78 is 14.1. The van der Waals surface area contributed by atoms with Crippen molar-refractivity contribution in [1.29, 1.82) is 0 Å². The zero-order valence-electron chi connectivity index (χ0n) is 17.6. The number of hydrogen-bond acceptors (Lipinski definition) is 6. The molecule has 2 atom stereocenters. The molecule has 0 bridgehead atoms. The van der Waals surface area contributed by atoms with Gasteiger partial charge >= 0.3 is 0 Å². The van der Waals surface area contributed by atoms with Gasteiger partial charge in [0.1, 0.15) is 22.3 Å². The predicted molar refractivity (Wildman–Crippen MR) is 120 cm³/mol. The average Bonchev–Trinajstić information content (AvgIpc) is 3.17. The molecule has 3 N–H and O–H groups in total. The van der Waals surface area contributed by atoms with Crippen LogP contribution in [-0.2, 0) is 6.42 Å². The molecule has 0 radical (unpaired) electrons. The first kappa shape index (κ1) is 21.6. The summed E-state index contributed by atoms with van der Waals surface area (Å²) in [6.07, 6.45) is 6.63. The highest BCUT2D eigenvalue weighted by atomic mass is 32.1. The Labute approximate surface area is 185 Å². The Kier molecular flexibility index (Phi) is 5.90. The molecule has 1 aliphatic carbocycles. The molecule has 162 valence electrons. The number of carbonyl (C=O) groups is 1. The fourth-order valence-electron chi connectivity index (χ4n) is 4.68. The van der Waals surface area contributed by atoms with Gasteiger partial charge in [-0.25, -0.2) is 9.37 Å². The molecule has 2 heterocycles. The number of Topliss-reactive ketones (excluding diaryl/α,β-unsaturated/α-hetero) is 1. The molecular formula is C24H26FN3O2S. The number of phenolic OH excluding ortho intramolecular Hbond substituents is 1. The first-order valence-corrected chi connectivity index (χ1v) is 11.3. The van der Waals surface area contributed by atoms with Crippen LogP contribution < -0.4 is 5.73 Å². The Morgan fingerprint density at radius 1 is 1.32 bits per heavy atom. The minimum Gasteiger partial charge on any atom is -0.508 e. The van der Waals surface area contributed by atoms with Crippen molar-refractivity contribution in [3.05, 3.63) is 64.7 Å². The molecule has 0 amide bonds. The number of rotatable bonds is 5. The molecule has 0 aliphatic heterocycles. The first-order chi connectivity index (χ1) is 14.7. The van der Waals surface area contributed by atoms with Crippen molar-refractivity contribution in [3.63, 3.8) is 0 Å². The second kappa shape index (κ2) is 8.48. The summed E-state index contributed by atoms with van der Waals surface area (Å²) in [5.41, 5.74) is 9.08. The summed E-state index contributed by atoms with van der Waals surface area (Å²) in [7, 11) is 0. The van der Waals surface area contributed by atoms with Gasteiger partial charge in [0, 0.05) is 41.9 Å². The Morgan fingerprint density at radius 2 is 2.13 bits per heavy atom. The minimum atomic E-state index is -0.570. The van der Waals surface area contributed by atoms with E-state index in [1.807, 2.05) is 6.07 Å². The number of ketones is 1. The van der Waals surface area contributed by atoms with Crippen LogP contribution in [0.5, 0.6) is 5.75 Å². The van der Waals surface area contributed by atoms with E-state index < -0.39 is 5.82 Å². The Balaban J connectivity index is 1.56. The van der Waals surface area contributed by atoms with Gasteiger partial charge in [-0.2, -0.15) is 0 Å². The molecule has 7 heteroatoms. The number of aromatic nitrogens is 2. The number of hydrogen-bond donors (Lipinski definition) is 2. The predicted octanol–water partition coefficient (Wildman–Crippen LogP) is 5.10. The third-order valence-corrected chi connectivity index (χ3v) is 6.78. The zero-order valence-corrected chi connectivity index (χ0v) is 18.5. The van der Waals surface area contributed by atoms with Crippen LogP contribution in [0.4, 0.5) is 4.39 Å². The average molecular weight is 440 g/mol. The van der Waals surface area contributed by atoms with E-state index in [0.717, 1.165) is 36.5 Å². The zero-order chi connectivity index (χ0) is 22.2. The maximum atomic E-state index is 14.1. The van der Waals surface area contributed by atoms with Crippen molar-refractivity contribution in [3.8, 4) is 16.3 Å². The van der Waals surface area contributed by atoms with Crippen LogP contribution in [-0.4, -0.2) is 26.9 Å². The minimum absolute atomic E-state index is 0.129. The lowest BCUT2D eigenvalue weighted by molar-refractivity contribution is 0.0988. The van der Waals surface area contributed by atoms with Crippen molar-refractivity contribution in [2.45, 2.75) is 51.5 Å². The Hall–Kier alpha value is -2.64. The fourth-order valence-corrected chi connectivity index (χ4v) is 5.53. The highest BCUT2D eigenvalue weighted by molar-refractivity contribution is 7.13. The largest absolute Gasteiger partial charge is 0.508 e. The van der Waals surface area contributed by atoms with Gasteiger partial charge in [0.05, 0.1) is 0 Å². The number of thiazole rings is 1. The molecule has 2 aromatic heterocycles. The van der Waals surface area contributed by atoms with Gasteiger partial charge in [0.2, 0.25) is 0 Å². The van der Waals surface area contributed by atoms with Crippen LogP contribution in [0.25, 0.3) is 10.6 Å². The second-order valence-corrected chi connectivity index (χ2v) is 10.00. The normalized spacial score (nSPS) is 20.5. The number of carbonyl (C=O) groups excluding carboxylic acids is 1. The van der Waals surface area contributed by atoms with Crippen molar-refractivity contribution < 1.29 is 14.3 Å². The maximum absolute atomic E-state index is 14.1. The molecule has 1 saturated carbocycles. The number of aromatic hydroxyl groups is 1. The van der Waals surface area contributed by atoms with Crippen LogP contribution in [0.15, 0.2) is 42.0 Å².